The second kappa shape index (κ2) is 8.06. The highest BCUT2D eigenvalue weighted by molar-refractivity contribution is 8.00. The Hall–Kier alpha value is -1.21. The lowest BCUT2D eigenvalue weighted by Gasteiger charge is -2.32. The van der Waals surface area contributed by atoms with E-state index in [-0.39, 0.29) is 28.6 Å². The molecule has 0 bridgehead atoms. The number of hydrogen-bond acceptors (Lipinski definition) is 3. The predicted octanol–water partition coefficient (Wildman–Crippen LogP) is 3.90. The Kier molecular flexibility index (Phi) is 6.35. The number of carbonyl (C=O) groups is 1. The van der Waals surface area contributed by atoms with Gasteiger partial charge in [-0.05, 0) is 61.8 Å². The first-order chi connectivity index (χ1) is 10.9. The van der Waals surface area contributed by atoms with Crippen LogP contribution in [-0.2, 0) is 0 Å². The fourth-order valence-electron chi connectivity index (χ4n) is 2.69. The van der Waals surface area contributed by atoms with Crippen LogP contribution in [0.5, 0.6) is 0 Å². The van der Waals surface area contributed by atoms with Crippen LogP contribution in [0.25, 0.3) is 0 Å². The first-order valence-electron chi connectivity index (χ1n) is 7.76. The Bertz CT molecular complexity index is 511. The zero-order chi connectivity index (χ0) is 16.9. The van der Waals surface area contributed by atoms with Gasteiger partial charge in [0.25, 0.3) is 5.91 Å². The predicted molar refractivity (Wildman–Crippen MR) is 85.6 cm³/mol. The number of halogens is 3. The van der Waals surface area contributed by atoms with Crippen LogP contribution in [0.1, 0.15) is 36.5 Å². The molecule has 0 aliphatic carbocycles. The lowest BCUT2D eigenvalue weighted by atomic mass is 10.0. The van der Waals surface area contributed by atoms with Crippen LogP contribution in [0.15, 0.2) is 29.2 Å². The topological polar surface area (TPSA) is 32.3 Å². The van der Waals surface area contributed by atoms with Crippen molar-refractivity contribution in [2.24, 2.45) is 0 Å². The van der Waals surface area contributed by atoms with Crippen molar-refractivity contribution in [1.29, 1.82) is 0 Å². The Labute approximate surface area is 138 Å². The molecule has 1 amide bonds. The third-order valence-corrected chi connectivity index (χ3v) is 4.55. The summed E-state index contributed by atoms with van der Waals surface area (Å²) in [5.41, 5.74) is -3.91. The molecule has 0 saturated carbocycles. The van der Waals surface area contributed by atoms with E-state index in [4.69, 9.17) is 0 Å². The molecule has 128 valence electrons. The summed E-state index contributed by atoms with van der Waals surface area (Å²) in [5, 5.41) is 2.97. The fourth-order valence-corrected chi connectivity index (χ4v) is 3.23. The third kappa shape index (κ3) is 6.06. The largest absolute Gasteiger partial charge is 0.446 e. The molecule has 2 rings (SSSR count). The van der Waals surface area contributed by atoms with E-state index in [9.17, 15) is 18.0 Å². The average molecular weight is 346 g/mol. The maximum atomic E-state index is 12.3. The molecular formula is C16H21F3N2OS. The molecule has 0 unspecified atom stereocenters. The van der Waals surface area contributed by atoms with Crippen molar-refractivity contribution in [2.45, 2.75) is 42.6 Å². The normalized spacial score (nSPS) is 17.2. The van der Waals surface area contributed by atoms with Crippen molar-refractivity contribution in [3.63, 3.8) is 0 Å². The van der Waals surface area contributed by atoms with Crippen LogP contribution in [0.2, 0.25) is 0 Å². The van der Waals surface area contributed by atoms with Gasteiger partial charge in [0.15, 0.2) is 0 Å². The monoisotopic (exact) mass is 346 g/mol. The van der Waals surface area contributed by atoms with E-state index in [0.29, 0.717) is 5.56 Å². The van der Waals surface area contributed by atoms with Crippen molar-refractivity contribution >= 4 is 17.7 Å². The van der Waals surface area contributed by atoms with Gasteiger partial charge < -0.3 is 10.2 Å². The Morgan fingerprint density at radius 3 is 2.39 bits per heavy atom. The number of piperidine rings is 1. The molecule has 3 nitrogen and oxygen atoms in total. The molecule has 0 atom stereocenters. The van der Waals surface area contributed by atoms with Gasteiger partial charge in [-0.1, -0.05) is 6.92 Å². The van der Waals surface area contributed by atoms with E-state index in [1.807, 2.05) is 0 Å². The Morgan fingerprint density at radius 1 is 1.26 bits per heavy atom. The zero-order valence-corrected chi connectivity index (χ0v) is 13.8. The average Bonchev–Trinajstić information content (AvgIpc) is 2.48. The number of nitrogens with zero attached hydrogens (tertiary/aromatic N) is 1. The van der Waals surface area contributed by atoms with Crippen LogP contribution in [0.4, 0.5) is 13.2 Å². The summed E-state index contributed by atoms with van der Waals surface area (Å²) in [6, 6.07) is 5.68. The first kappa shape index (κ1) is 18.1. The summed E-state index contributed by atoms with van der Waals surface area (Å²) in [7, 11) is 0. The number of likely N-dealkylation sites (tertiary alicyclic amines) is 1. The summed E-state index contributed by atoms with van der Waals surface area (Å²) in [6.45, 7) is 5.17. The van der Waals surface area contributed by atoms with Crippen molar-refractivity contribution in [2.75, 3.05) is 19.6 Å². The number of nitrogens with one attached hydrogen (secondary N) is 1. The van der Waals surface area contributed by atoms with Crippen LogP contribution in [-0.4, -0.2) is 42.0 Å². The molecule has 1 heterocycles. The number of hydrogen-bond donors (Lipinski definition) is 1. The summed E-state index contributed by atoms with van der Waals surface area (Å²) >= 11 is -0.176. The van der Waals surface area contributed by atoms with E-state index >= 15 is 0 Å². The molecule has 0 spiro atoms. The number of benzene rings is 1. The first-order valence-corrected chi connectivity index (χ1v) is 8.58. The Balaban J connectivity index is 1.84. The van der Waals surface area contributed by atoms with Gasteiger partial charge in [0.2, 0.25) is 0 Å². The van der Waals surface area contributed by atoms with E-state index < -0.39 is 5.51 Å². The summed E-state index contributed by atoms with van der Waals surface area (Å²) in [4.78, 5) is 14.6. The number of alkyl halides is 3. The van der Waals surface area contributed by atoms with E-state index in [1.165, 1.54) is 24.3 Å². The molecule has 1 saturated heterocycles. The molecule has 1 N–H and O–H groups in total. The van der Waals surface area contributed by atoms with Gasteiger partial charge in [0.1, 0.15) is 0 Å². The maximum Gasteiger partial charge on any atom is 0.446 e. The van der Waals surface area contributed by atoms with Crippen molar-refractivity contribution in [3.05, 3.63) is 29.8 Å². The van der Waals surface area contributed by atoms with Gasteiger partial charge in [-0.3, -0.25) is 4.79 Å². The van der Waals surface area contributed by atoms with E-state index in [2.05, 4.69) is 17.1 Å². The molecule has 1 aromatic rings. The van der Waals surface area contributed by atoms with E-state index in [0.717, 1.165) is 38.9 Å². The van der Waals surface area contributed by atoms with Crippen molar-refractivity contribution < 1.29 is 18.0 Å². The van der Waals surface area contributed by atoms with Gasteiger partial charge in [-0.15, -0.1) is 0 Å². The lowest BCUT2D eigenvalue weighted by molar-refractivity contribution is -0.0328. The molecular weight excluding hydrogens is 325 g/mol. The number of carbonyl (C=O) groups excluding carboxylic acids is 1. The standard InChI is InChI=1S/C16H21F3N2OS/c1-2-9-21-10-7-13(8-11-21)20-15(22)12-3-5-14(6-4-12)23-16(17,18)19/h3-6,13H,2,7-11H2,1H3,(H,20,22). The molecule has 1 aliphatic rings. The second-order valence-electron chi connectivity index (χ2n) is 5.66. The van der Waals surface area contributed by atoms with Gasteiger partial charge in [-0.25, -0.2) is 0 Å². The maximum absolute atomic E-state index is 12.3. The highest BCUT2D eigenvalue weighted by Crippen LogP contribution is 2.36. The highest BCUT2D eigenvalue weighted by atomic mass is 32.2. The molecule has 7 heteroatoms. The summed E-state index contributed by atoms with van der Waals surface area (Å²) < 4.78 is 36.8. The highest BCUT2D eigenvalue weighted by Gasteiger charge is 2.29. The minimum atomic E-state index is -4.31. The number of amides is 1. The van der Waals surface area contributed by atoms with Crippen LogP contribution in [0, 0.1) is 0 Å². The molecule has 0 radical (unpaired) electrons. The minimum absolute atomic E-state index is 0.0851. The molecule has 0 aromatic heterocycles. The van der Waals surface area contributed by atoms with Gasteiger partial charge >= 0.3 is 5.51 Å². The number of rotatable bonds is 5. The molecule has 23 heavy (non-hydrogen) atoms. The molecule has 1 aromatic carbocycles. The van der Waals surface area contributed by atoms with Gasteiger partial charge in [0, 0.05) is 29.6 Å². The van der Waals surface area contributed by atoms with Gasteiger partial charge in [-0.2, -0.15) is 13.2 Å². The lowest BCUT2D eigenvalue weighted by Crippen LogP contribution is -2.44. The SMILES string of the molecule is CCCN1CCC(NC(=O)c2ccc(SC(F)(F)F)cc2)CC1. The van der Waals surface area contributed by atoms with Crippen LogP contribution in [0.3, 0.4) is 0 Å². The van der Waals surface area contributed by atoms with Crippen molar-refractivity contribution in [3.8, 4) is 0 Å². The summed E-state index contributed by atoms with van der Waals surface area (Å²) in [5.74, 6) is -0.220. The van der Waals surface area contributed by atoms with Gasteiger partial charge in [0.05, 0.1) is 0 Å². The van der Waals surface area contributed by atoms with Crippen LogP contribution < -0.4 is 5.32 Å². The minimum Gasteiger partial charge on any atom is -0.349 e. The Morgan fingerprint density at radius 2 is 1.87 bits per heavy atom. The third-order valence-electron chi connectivity index (χ3n) is 3.81. The smallest absolute Gasteiger partial charge is 0.349 e. The van der Waals surface area contributed by atoms with Crippen molar-refractivity contribution in [1.82, 2.24) is 10.2 Å². The van der Waals surface area contributed by atoms with E-state index in [1.54, 1.807) is 0 Å². The molecule has 1 fully saturated rings. The number of thioether (sulfide) groups is 1. The fraction of sp³-hybridized carbons (Fsp3) is 0.562. The summed E-state index contributed by atoms with van der Waals surface area (Å²) in [6.07, 6.45) is 2.95. The quantitative estimate of drug-likeness (QED) is 0.821. The van der Waals surface area contributed by atoms with Crippen LogP contribution >= 0.6 is 11.8 Å². The second-order valence-corrected chi connectivity index (χ2v) is 6.80. The molecule has 1 aliphatic heterocycles. The zero-order valence-electron chi connectivity index (χ0n) is 13.0.